The molecule has 2 aliphatic rings. The summed E-state index contributed by atoms with van der Waals surface area (Å²) in [5, 5.41) is 4.05. The molecule has 1 aromatic carbocycles. The number of hydrogen-bond acceptors (Lipinski definition) is 6. The fraction of sp³-hybridized carbons (Fsp3) is 0.458. The number of sulfonamides is 1. The SMILES string of the molecule is Cc1cc(S(=O)(=O)N[C@H]2C[C@@H](C)C2)ccc1Nc1ncc2cc(Cl)c(=O)n(C3CCCC3)c2n1. The van der Waals surface area contributed by atoms with E-state index in [4.69, 9.17) is 11.6 Å². The number of rotatable bonds is 6. The number of aryl methyl sites for hydroxylation is 1. The summed E-state index contributed by atoms with van der Waals surface area (Å²) >= 11 is 6.21. The van der Waals surface area contributed by atoms with Crippen molar-refractivity contribution >= 4 is 44.3 Å². The molecule has 0 aliphatic heterocycles. The minimum absolute atomic E-state index is 0.00933. The van der Waals surface area contributed by atoms with Crippen LogP contribution in [0, 0.1) is 12.8 Å². The fourth-order valence-corrected chi connectivity index (χ4v) is 6.55. The van der Waals surface area contributed by atoms with E-state index in [0.29, 0.717) is 28.6 Å². The maximum atomic E-state index is 12.8. The summed E-state index contributed by atoms with van der Waals surface area (Å²) in [4.78, 5) is 22.1. The molecule has 34 heavy (non-hydrogen) atoms. The molecule has 3 aromatic rings. The predicted molar refractivity (Wildman–Crippen MR) is 133 cm³/mol. The van der Waals surface area contributed by atoms with Crippen LogP contribution in [0.15, 0.2) is 40.2 Å². The van der Waals surface area contributed by atoms with Crippen LogP contribution in [-0.2, 0) is 10.0 Å². The highest BCUT2D eigenvalue weighted by atomic mass is 35.5. The molecule has 2 N–H and O–H groups in total. The zero-order chi connectivity index (χ0) is 24.0. The van der Waals surface area contributed by atoms with E-state index in [1.165, 1.54) is 0 Å². The Morgan fingerprint density at radius 2 is 1.88 bits per heavy atom. The first kappa shape index (κ1) is 23.3. The molecule has 2 heterocycles. The van der Waals surface area contributed by atoms with Crippen LogP contribution >= 0.6 is 11.6 Å². The van der Waals surface area contributed by atoms with Crippen LogP contribution in [0.5, 0.6) is 0 Å². The van der Waals surface area contributed by atoms with Crippen LogP contribution in [0.2, 0.25) is 5.02 Å². The van der Waals surface area contributed by atoms with Gasteiger partial charge < -0.3 is 5.32 Å². The van der Waals surface area contributed by atoms with Gasteiger partial charge in [0.25, 0.3) is 5.56 Å². The third-order valence-electron chi connectivity index (χ3n) is 6.87. The summed E-state index contributed by atoms with van der Waals surface area (Å²) in [7, 11) is -3.57. The highest BCUT2D eigenvalue weighted by Crippen LogP contribution is 2.32. The lowest BCUT2D eigenvalue weighted by molar-refractivity contribution is 0.270. The van der Waals surface area contributed by atoms with E-state index in [9.17, 15) is 13.2 Å². The molecule has 10 heteroatoms. The summed E-state index contributed by atoms with van der Waals surface area (Å²) in [5.74, 6) is 0.894. The van der Waals surface area contributed by atoms with Gasteiger partial charge in [0.2, 0.25) is 16.0 Å². The number of anilines is 2. The van der Waals surface area contributed by atoms with Crippen LogP contribution in [0.25, 0.3) is 11.0 Å². The van der Waals surface area contributed by atoms with Gasteiger partial charge in [-0.1, -0.05) is 31.4 Å². The molecule has 0 bridgehead atoms. The van der Waals surface area contributed by atoms with Crippen LogP contribution in [0.4, 0.5) is 11.6 Å². The Balaban J connectivity index is 1.43. The number of benzene rings is 1. The maximum Gasteiger partial charge on any atom is 0.271 e. The van der Waals surface area contributed by atoms with E-state index < -0.39 is 10.0 Å². The summed E-state index contributed by atoms with van der Waals surface area (Å²) < 4.78 is 30.0. The molecular weight excluding hydrogens is 474 g/mol. The molecule has 2 saturated carbocycles. The number of aromatic nitrogens is 3. The van der Waals surface area contributed by atoms with Crippen LogP contribution in [0.1, 0.15) is 57.1 Å². The molecular formula is C24H28ClN5O3S. The van der Waals surface area contributed by atoms with Gasteiger partial charge in [0.15, 0.2) is 0 Å². The largest absolute Gasteiger partial charge is 0.324 e. The van der Waals surface area contributed by atoms with Crippen molar-refractivity contribution in [2.45, 2.75) is 69.4 Å². The Morgan fingerprint density at radius 3 is 2.56 bits per heavy atom. The molecule has 8 nitrogen and oxygen atoms in total. The molecule has 0 unspecified atom stereocenters. The first-order valence-electron chi connectivity index (χ1n) is 11.7. The molecule has 0 spiro atoms. The Morgan fingerprint density at radius 1 is 1.15 bits per heavy atom. The van der Waals surface area contributed by atoms with E-state index in [1.807, 2.05) is 6.92 Å². The standard InChI is InChI=1S/C24H28ClN5O3S/c1-14-9-17(10-14)29-34(32,33)19-7-8-21(15(2)11-19)27-24-26-13-16-12-20(25)23(31)30(22(16)28-24)18-5-3-4-6-18/h7-8,11-14,17-18,29H,3-6,9-10H2,1-2H3,(H,26,27,28)/t14-,17+. The zero-order valence-corrected chi connectivity index (χ0v) is 20.8. The van der Waals surface area contributed by atoms with Crippen molar-refractivity contribution in [2.24, 2.45) is 5.92 Å². The summed E-state index contributed by atoms with van der Waals surface area (Å²) in [6.07, 6.45) is 7.38. The van der Waals surface area contributed by atoms with Crippen LogP contribution in [-0.4, -0.2) is 29.0 Å². The second-order valence-corrected chi connectivity index (χ2v) is 11.7. The third-order valence-corrected chi connectivity index (χ3v) is 8.66. The molecule has 180 valence electrons. The number of nitrogens with one attached hydrogen (secondary N) is 2. The molecule has 0 saturated heterocycles. The van der Waals surface area contributed by atoms with E-state index in [2.05, 4.69) is 26.9 Å². The summed E-state index contributed by atoms with van der Waals surface area (Å²) in [6.45, 7) is 3.95. The molecule has 2 aliphatic carbocycles. The number of nitrogens with zero attached hydrogens (tertiary/aromatic N) is 3. The van der Waals surface area contributed by atoms with Gasteiger partial charge in [0, 0.05) is 29.4 Å². The lowest BCUT2D eigenvalue weighted by Crippen LogP contribution is -2.43. The summed E-state index contributed by atoms with van der Waals surface area (Å²) in [5.41, 5.74) is 1.76. The third kappa shape index (κ3) is 4.44. The molecule has 5 rings (SSSR count). The first-order chi connectivity index (χ1) is 16.2. The second kappa shape index (κ2) is 8.94. The number of halogens is 1. The van der Waals surface area contributed by atoms with Gasteiger partial charge in [-0.15, -0.1) is 0 Å². The molecule has 2 fully saturated rings. The molecule has 2 aromatic heterocycles. The Kier molecular flexibility index (Phi) is 6.12. The van der Waals surface area contributed by atoms with Crippen molar-refractivity contribution in [3.63, 3.8) is 0 Å². The van der Waals surface area contributed by atoms with Crippen LogP contribution < -0.4 is 15.6 Å². The smallest absolute Gasteiger partial charge is 0.271 e. The normalized spacial score (nSPS) is 21.0. The number of hydrogen-bond donors (Lipinski definition) is 2. The monoisotopic (exact) mass is 501 g/mol. The van der Waals surface area contributed by atoms with E-state index >= 15 is 0 Å². The summed E-state index contributed by atoms with van der Waals surface area (Å²) in [6, 6.07) is 6.63. The Labute approximate surface area is 203 Å². The van der Waals surface area contributed by atoms with Crippen molar-refractivity contribution in [3.05, 3.63) is 51.4 Å². The van der Waals surface area contributed by atoms with E-state index in [0.717, 1.165) is 44.1 Å². The minimum atomic E-state index is -3.57. The van der Waals surface area contributed by atoms with Crippen molar-refractivity contribution in [3.8, 4) is 0 Å². The van der Waals surface area contributed by atoms with E-state index in [-0.39, 0.29) is 27.6 Å². The van der Waals surface area contributed by atoms with E-state index in [1.54, 1.807) is 35.0 Å². The van der Waals surface area contributed by atoms with Crippen molar-refractivity contribution in [1.29, 1.82) is 0 Å². The van der Waals surface area contributed by atoms with Gasteiger partial charge in [-0.05, 0) is 68.4 Å². The number of pyridine rings is 1. The van der Waals surface area contributed by atoms with Gasteiger partial charge in [0.05, 0.1) is 4.90 Å². The average Bonchev–Trinajstić information content (AvgIpc) is 3.29. The number of fused-ring (bicyclic) bond motifs is 1. The second-order valence-electron chi connectivity index (χ2n) is 9.57. The molecule has 0 amide bonds. The topological polar surface area (TPSA) is 106 Å². The first-order valence-corrected chi connectivity index (χ1v) is 13.5. The fourth-order valence-electron chi connectivity index (χ4n) is 5.00. The quantitative estimate of drug-likeness (QED) is 0.507. The molecule has 0 atom stereocenters. The van der Waals surface area contributed by atoms with Gasteiger partial charge in [-0.2, -0.15) is 4.98 Å². The Hall–Kier alpha value is -2.49. The highest BCUT2D eigenvalue weighted by Gasteiger charge is 2.30. The highest BCUT2D eigenvalue weighted by molar-refractivity contribution is 7.89. The van der Waals surface area contributed by atoms with Gasteiger partial charge in [-0.3, -0.25) is 9.36 Å². The lowest BCUT2D eigenvalue weighted by Gasteiger charge is -2.32. The maximum absolute atomic E-state index is 12.8. The van der Waals surface area contributed by atoms with Gasteiger partial charge in [0.1, 0.15) is 10.7 Å². The Bertz CT molecular complexity index is 1410. The average molecular weight is 502 g/mol. The van der Waals surface area contributed by atoms with Crippen molar-refractivity contribution < 1.29 is 8.42 Å². The zero-order valence-electron chi connectivity index (χ0n) is 19.2. The van der Waals surface area contributed by atoms with Gasteiger partial charge >= 0.3 is 0 Å². The minimum Gasteiger partial charge on any atom is -0.324 e. The lowest BCUT2D eigenvalue weighted by atomic mass is 9.83. The predicted octanol–water partition coefficient (Wildman–Crippen LogP) is 4.69. The van der Waals surface area contributed by atoms with Gasteiger partial charge in [-0.25, -0.2) is 18.1 Å². The van der Waals surface area contributed by atoms with Crippen LogP contribution in [0.3, 0.4) is 0 Å². The van der Waals surface area contributed by atoms with Crippen molar-refractivity contribution in [1.82, 2.24) is 19.3 Å². The van der Waals surface area contributed by atoms with Crippen molar-refractivity contribution in [2.75, 3.05) is 5.32 Å². The molecule has 0 radical (unpaired) electrons.